The Morgan fingerprint density at radius 1 is 1.47 bits per heavy atom. The molecule has 4 heteroatoms. The van der Waals surface area contributed by atoms with E-state index in [2.05, 4.69) is 15.5 Å². The molecule has 1 N–H and O–H groups in total. The lowest BCUT2D eigenvalue weighted by Crippen LogP contribution is -2.31. The second kappa shape index (κ2) is 9.82. The van der Waals surface area contributed by atoms with Gasteiger partial charge in [-0.25, -0.2) is 4.84 Å². The molecule has 0 aromatic heterocycles. The van der Waals surface area contributed by atoms with E-state index in [1.165, 1.54) is 7.11 Å². The third kappa shape index (κ3) is 7.24. The molecule has 0 saturated heterocycles. The zero-order chi connectivity index (χ0) is 11.5. The molecule has 0 radical (unpaired) electrons. The lowest BCUT2D eigenvalue weighted by molar-refractivity contribution is -0.142. The molecule has 0 heterocycles. The summed E-state index contributed by atoms with van der Waals surface area (Å²) in [6.07, 6.45) is 10.8. The maximum absolute atomic E-state index is 11.1. The van der Waals surface area contributed by atoms with E-state index < -0.39 is 6.04 Å². The molecule has 0 rings (SSSR count). The number of rotatable bonds is 8. The molecule has 1 atom stereocenters. The number of ether oxygens (including phenoxy) is 1. The number of methoxy groups -OCH3 is 1. The number of nitrogens with one attached hydrogen (secondary N) is 1. The van der Waals surface area contributed by atoms with Crippen molar-refractivity contribution in [3.63, 3.8) is 0 Å². The lowest BCUT2D eigenvalue weighted by atomic mass is 10.1. The molecule has 0 aliphatic carbocycles. The van der Waals surface area contributed by atoms with Crippen molar-refractivity contribution in [3.8, 4) is 12.3 Å². The Balaban J connectivity index is 3.47. The Kier molecular flexibility index (Phi) is 9.35. The van der Waals surface area contributed by atoms with E-state index in [4.69, 9.17) is 18.2 Å². The summed E-state index contributed by atoms with van der Waals surface area (Å²) in [5.74, 6) is 2.29. The van der Waals surface area contributed by atoms with Crippen molar-refractivity contribution in [1.29, 1.82) is 0 Å². The molecule has 0 spiro atoms. The fourth-order valence-corrected chi connectivity index (χ4v) is 1.49. The summed E-state index contributed by atoms with van der Waals surface area (Å²) in [6, 6.07) is -0.399. The smallest absolute Gasteiger partial charge is 0.324 e. The standard InChI is InChI=1S/C11H18ClNO2/c1-3-4-5-6-7-8-9-10(13-12)11(14)15-2/h1,10,13H,4-9H2,2H3. The summed E-state index contributed by atoms with van der Waals surface area (Å²) in [5.41, 5.74) is 0. The molecule has 0 fully saturated rings. The van der Waals surface area contributed by atoms with Crippen molar-refractivity contribution in [2.75, 3.05) is 7.11 Å². The molecule has 0 saturated carbocycles. The predicted octanol–water partition coefficient (Wildman–Crippen LogP) is 2.25. The lowest BCUT2D eigenvalue weighted by Gasteiger charge is -2.11. The first kappa shape index (κ1) is 14.3. The fraction of sp³-hybridized carbons (Fsp3) is 0.727. The highest BCUT2D eigenvalue weighted by molar-refractivity contribution is 6.14. The van der Waals surface area contributed by atoms with Crippen molar-refractivity contribution in [3.05, 3.63) is 0 Å². The van der Waals surface area contributed by atoms with Crippen LogP contribution in [0.5, 0.6) is 0 Å². The molecule has 0 aliphatic heterocycles. The summed E-state index contributed by atoms with van der Waals surface area (Å²) in [4.78, 5) is 13.5. The molecular weight excluding hydrogens is 214 g/mol. The second-order valence-electron chi connectivity index (χ2n) is 3.34. The average Bonchev–Trinajstić information content (AvgIpc) is 2.27. The van der Waals surface area contributed by atoms with Crippen LogP contribution in [0.3, 0.4) is 0 Å². The summed E-state index contributed by atoms with van der Waals surface area (Å²) in [6.45, 7) is 0. The number of hydrogen-bond acceptors (Lipinski definition) is 3. The molecule has 3 nitrogen and oxygen atoms in total. The van der Waals surface area contributed by atoms with Gasteiger partial charge in [0.2, 0.25) is 0 Å². The maximum atomic E-state index is 11.1. The zero-order valence-corrected chi connectivity index (χ0v) is 9.85. The number of carbonyl (C=O) groups is 1. The highest BCUT2D eigenvalue weighted by Crippen LogP contribution is 2.08. The van der Waals surface area contributed by atoms with Crippen molar-refractivity contribution in [2.24, 2.45) is 0 Å². The summed E-state index contributed by atoms with van der Waals surface area (Å²) < 4.78 is 4.59. The molecule has 0 amide bonds. The normalized spacial score (nSPS) is 11.8. The molecule has 0 bridgehead atoms. The minimum atomic E-state index is -0.399. The van der Waals surface area contributed by atoms with Gasteiger partial charge in [-0.15, -0.1) is 12.3 Å². The zero-order valence-electron chi connectivity index (χ0n) is 9.09. The highest BCUT2D eigenvalue weighted by atomic mass is 35.5. The van der Waals surface area contributed by atoms with Crippen LogP contribution in [0.25, 0.3) is 0 Å². The maximum Gasteiger partial charge on any atom is 0.324 e. The third-order valence-corrected chi connectivity index (χ3v) is 2.44. The molecule has 0 aromatic carbocycles. The van der Waals surface area contributed by atoms with E-state index in [0.29, 0.717) is 6.42 Å². The predicted molar refractivity (Wildman–Crippen MR) is 61.3 cm³/mol. The van der Waals surface area contributed by atoms with Gasteiger partial charge in [0.05, 0.1) is 7.11 Å². The van der Waals surface area contributed by atoms with Crippen molar-refractivity contribution < 1.29 is 9.53 Å². The Bertz CT molecular complexity index is 213. The Morgan fingerprint density at radius 3 is 2.67 bits per heavy atom. The largest absolute Gasteiger partial charge is 0.468 e. The number of esters is 1. The van der Waals surface area contributed by atoms with E-state index in [-0.39, 0.29) is 5.97 Å². The van der Waals surface area contributed by atoms with Crippen LogP contribution in [0.15, 0.2) is 0 Å². The van der Waals surface area contributed by atoms with Gasteiger partial charge < -0.3 is 4.74 Å². The second-order valence-corrected chi connectivity index (χ2v) is 3.56. The Hall–Kier alpha value is -0.720. The summed E-state index contributed by atoms with van der Waals surface area (Å²) in [7, 11) is 1.36. The van der Waals surface area contributed by atoms with Crippen molar-refractivity contribution in [2.45, 2.75) is 44.6 Å². The molecule has 0 aromatic rings. The Morgan fingerprint density at radius 2 is 2.13 bits per heavy atom. The first-order chi connectivity index (χ1) is 7.26. The SMILES string of the molecule is C#CCCCCCCC(NCl)C(=O)OC. The van der Waals surface area contributed by atoms with Crippen LogP contribution >= 0.6 is 11.8 Å². The van der Waals surface area contributed by atoms with Gasteiger partial charge in [0, 0.05) is 6.42 Å². The van der Waals surface area contributed by atoms with E-state index in [0.717, 1.165) is 32.1 Å². The van der Waals surface area contributed by atoms with Crippen LogP contribution in [0, 0.1) is 12.3 Å². The van der Waals surface area contributed by atoms with Gasteiger partial charge in [-0.05, 0) is 24.6 Å². The van der Waals surface area contributed by atoms with E-state index >= 15 is 0 Å². The number of carbonyl (C=O) groups excluding carboxylic acids is 1. The van der Waals surface area contributed by atoms with Crippen LogP contribution in [0.4, 0.5) is 0 Å². The van der Waals surface area contributed by atoms with Crippen LogP contribution in [0.1, 0.15) is 38.5 Å². The summed E-state index contributed by atoms with van der Waals surface area (Å²) in [5, 5.41) is 0. The van der Waals surface area contributed by atoms with E-state index in [1.54, 1.807) is 0 Å². The monoisotopic (exact) mass is 231 g/mol. The van der Waals surface area contributed by atoms with Gasteiger partial charge in [-0.2, -0.15) is 0 Å². The average molecular weight is 232 g/mol. The van der Waals surface area contributed by atoms with Crippen molar-refractivity contribution in [1.82, 2.24) is 4.84 Å². The number of terminal acetylenes is 1. The number of hydrogen-bond donors (Lipinski definition) is 1. The van der Waals surface area contributed by atoms with Gasteiger partial charge in [-0.1, -0.05) is 19.3 Å². The molecule has 1 unspecified atom stereocenters. The quantitative estimate of drug-likeness (QED) is 0.301. The van der Waals surface area contributed by atoms with Gasteiger partial charge >= 0.3 is 5.97 Å². The van der Waals surface area contributed by atoms with Crippen LogP contribution in [0.2, 0.25) is 0 Å². The molecular formula is C11H18ClNO2. The summed E-state index contributed by atoms with van der Waals surface area (Å²) >= 11 is 5.43. The number of unbranched alkanes of at least 4 members (excludes halogenated alkanes) is 4. The van der Waals surface area contributed by atoms with Crippen LogP contribution in [-0.2, 0) is 9.53 Å². The minimum Gasteiger partial charge on any atom is -0.468 e. The first-order valence-electron chi connectivity index (χ1n) is 5.13. The minimum absolute atomic E-state index is 0.311. The first-order valence-corrected chi connectivity index (χ1v) is 5.51. The third-order valence-electron chi connectivity index (χ3n) is 2.18. The molecule has 15 heavy (non-hydrogen) atoms. The molecule has 86 valence electrons. The topological polar surface area (TPSA) is 38.3 Å². The number of halogens is 1. The van der Waals surface area contributed by atoms with Gasteiger partial charge in [-0.3, -0.25) is 4.79 Å². The molecule has 0 aliphatic rings. The van der Waals surface area contributed by atoms with Crippen molar-refractivity contribution >= 4 is 17.7 Å². The fourth-order valence-electron chi connectivity index (χ4n) is 1.29. The Labute approximate surface area is 96.6 Å². The van der Waals surface area contributed by atoms with Gasteiger partial charge in [0.15, 0.2) is 0 Å². The van der Waals surface area contributed by atoms with Crippen LogP contribution < -0.4 is 4.84 Å². The van der Waals surface area contributed by atoms with E-state index in [9.17, 15) is 4.79 Å². The van der Waals surface area contributed by atoms with E-state index in [1.807, 2.05) is 0 Å². The van der Waals surface area contributed by atoms with Crippen LogP contribution in [-0.4, -0.2) is 19.1 Å². The van der Waals surface area contributed by atoms with Gasteiger partial charge in [0.1, 0.15) is 6.04 Å². The van der Waals surface area contributed by atoms with Gasteiger partial charge in [0.25, 0.3) is 0 Å². The highest BCUT2D eigenvalue weighted by Gasteiger charge is 2.16.